The second-order valence-corrected chi connectivity index (χ2v) is 8.59. The second kappa shape index (κ2) is 11.8. The minimum absolute atomic E-state index is 0.0408. The van der Waals surface area contributed by atoms with E-state index >= 15 is 0 Å². The van der Waals surface area contributed by atoms with Crippen LogP contribution in [0.1, 0.15) is 29.4 Å². The van der Waals surface area contributed by atoms with Gasteiger partial charge in [0.25, 0.3) is 0 Å². The molecule has 1 atom stereocenters. The number of pyridine rings is 1. The number of hydrogen-bond acceptors (Lipinski definition) is 6. The highest BCUT2D eigenvalue weighted by Gasteiger charge is 2.31. The molecule has 0 radical (unpaired) electrons. The molecule has 2 heterocycles. The molecule has 0 aliphatic carbocycles. The van der Waals surface area contributed by atoms with Crippen molar-refractivity contribution in [3.05, 3.63) is 83.9 Å². The number of benzene rings is 2. The Bertz CT molecular complexity index is 1440. The number of ether oxygens (including phenoxy) is 2. The maximum atomic E-state index is 12.7. The van der Waals surface area contributed by atoms with Crippen LogP contribution < -0.4 is 14.8 Å². The molecule has 1 amide bonds. The number of halogens is 6. The van der Waals surface area contributed by atoms with Crippen molar-refractivity contribution in [1.29, 1.82) is 0 Å². The zero-order chi connectivity index (χ0) is 28.9. The standard InChI is InChI=1S/C26H22F6N4O4/c27-25(28,29)39-18-5-1-16(2-6-18)14-36-22-13-33-12-11-20(22)34-23(36)9-10-24(38)35-21(15-37)17-3-7-19(8-4-17)40-26(30,31)32/h1-8,11-13,21,37H,9-10,14-15H2,(H,35,38). The van der Waals surface area contributed by atoms with Crippen molar-refractivity contribution < 1.29 is 45.7 Å². The van der Waals surface area contributed by atoms with Crippen molar-refractivity contribution in [3.63, 3.8) is 0 Å². The van der Waals surface area contributed by atoms with Crippen LogP contribution in [0.4, 0.5) is 26.3 Å². The first-order chi connectivity index (χ1) is 18.9. The van der Waals surface area contributed by atoms with E-state index in [1.807, 2.05) is 0 Å². The SMILES string of the molecule is O=C(CCc1nc2ccncc2n1Cc1ccc(OC(F)(F)F)cc1)NC(CO)c1ccc(OC(F)(F)F)cc1. The molecule has 2 aromatic carbocycles. The predicted octanol–water partition coefficient (Wildman–Crippen LogP) is 5.06. The summed E-state index contributed by atoms with van der Waals surface area (Å²) in [4.78, 5) is 21.4. The summed E-state index contributed by atoms with van der Waals surface area (Å²) in [6.07, 6.45) is -6.38. The van der Waals surface area contributed by atoms with Gasteiger partial charge in [-0.25, -0.2) is 4.98 Å². The molecule has 0 bridgehead atoms. The van der Waals surface area contributed by atoms with Gasteiger partial charge in [0.15, 0.2) is 0 Å². The Balaban J connectivity index is 1.43. The molecule has 0 fully saturated rings. The van der Waals surface area contributed by atoms with Gasteiger partial charge in [-0.2, -0.15) is 0 Å². The summed E-state index contributed by atoms with van der Waals surface area (Å²) in [6.45, 7) is -0.263. The average Bonchev–Trinajstić information content (AvgIpc) is 3.23. The van der Waals surface area contributed by atoms with Gasteiger partial charge in [0, 0.05) is 25.6 Å². The smallest absolute Gasteiger partial charge is 0.406 e. The maximum absolute atomic E-state index is 12.7. The van der Waals surface area contributed by atoms with Crippen molar-refractivity contribution in [2.45, 2.75) is 38.2 Å². The molecule has 4 aromatic rings. The van der Waals surface area contributed by atoms with Crippen LogP contribution in [0.5, 0.6) is 11.5 Å². The summed E-state index contributed by atoms with van der Waals surface area (Å²) < 4.78 is 84.0. The molecule has 4 rings (SSSR count). The summed E-state index contributed by atoms with van der Waals surface area (Å²) in [5, 5.41) is 12.4. The number of amides is 1. The lowest BCUT2D eigenvalue weighted by Crippen LogP contribution is -2.31. The highest BCUT2D eigenvalue weighted by atomic mass is 19.4. The van der Waals surface area contributed by atoms with Crippen molar-refractivity contribution in [2.75, 3.05) is 6.61 Å². The normalized spacial score (nSPS) is 12.8. The zero-order valence-electron chi connectivity index (χ0n) is 20.5. The lowest BCUT2D eigenvalue weighted by Gasteiger charge is -2.18. The molecule has 0 aliphatic heterocycles. The van der Waals surface area contributed by atoms with E-state index < -0.39 is 37.0 Å². The number of carbonyl (C=O) groups is 1. The van der Waals surface area contributed by atoms with Crippen LogP contribution >= 0.6 is 0 Å². The van der Waals surface area contributed by atoms with Gasteiger partial charge in [-0.15, -0.1) is 26.3 Å². The van der Waals surface area contributed by atoms with Crippen LogP contribution in [0.2, 0.25) is 0 Å². The van der Waals surface area contributed by atoms with Gasteiger partial charge in [-0.05, 0) is 41.5 Å². The average molecular weight is 568 g/mol. The van der Waals surface area contributed by atoms with Gasteiger partial charge in [0.05, 0.1) is 29.9 Å². The molecule has 2 aromatic heterocycles. The fourth-order valence-corrected chi connectivity index (χ4v) is 3.99. The Morgan fingerprint density at radius 1 is 0.925 bits per heavy atom. The monoisotopic (exact) mass is 568 g/mol. The number of imidazole rings is 1. The molecule has 14 heteroatoms. The highest BCUT2D eigenvalue weighted by molar-refractivity contribution is 5.77. The number of fused-ring (bicyclic) bond motifs is 1. The number of nitrogens with one attached hydrogen (secondary N) is 1. The van der Waals surface area contributed by atoms with Crippen molar-refractivity contribution >= 4 is 16.9 Å². The van der Waals surface area contributed by atoms with Crippen molar-refractivity contribution in [3.8, 4) is 11.5 Å². The van der Waals surface area contributed by atoms with Gasteiger partial charge >= 0.3 is 12.7 Å². The Kier molecular flexibility index (Phi) is 8.47. The summed E-state index contributed by atoms with van der Waals surface area (Å²) in [6, 6.07) is 10.9. The van der Waals surface area contributed by atoms with Gasteiger partial charge in [-0.3, -0.25) is 9.78 Å². The number of aliphatic hydroxyl groups excluding tert-OH is 1. The molecule has 0 saturated carbocycles. The van der Waals surface area contributed by atoms with E-state index in [1.54, 1.807) is 23.0 Å². The lowest BCUT2D eigenvalue weighted by molar-refractivity contribution is -0.275. The van der Waals surface area contributed by atoms with E-state index in [2.05, 4.69) is 24.8 Å². The highest BCUT2D eigenvalue weighted by Crippen LogP contribution is 2.26. The van der Waals surface area contributed by atoms with Gasteiger partial charge in [0.1, 0.15) is 17.3 Å². The molecule has 1 unspecified atom stereocenters. The predicted molar refractivity (Wildman–Crippen MR) is 129 cm³/mol. The van der Waals surface area contributed by atoms with Crippen molar-refractivity contribution in [1.82, 2.24) is 19.9 Å². The summed E-state index contributed by atoms with van der Waals surface area (Å²) in [5.74, 6) is -0.718. The quantitative estimate of drug-likeness (QED) is 0.260. The third-order valence-corrected chi connectivity index (χ3v) is 5.74. The first kappa shape index (κ1) is 28.7. The molecule has 8 nitrogen and oxygen atoms in total. The van der Waals surface area contributed by atoms with E-state index in [0.29, 0.717) is 28.0 Å². The zero-order valence-corrected chi connectivity index (χ0v) is 20.5. The third-order valence-electron chi connectivity index (χ3n) is 5.74. The maximum Gasteiger partial charge on any atom is 0.573 e. The Hall–Kier alpha value is -4.33. The number of aliphatic hydroxyl groups is 1. The van der Waals surface area contributed by atoms with Gasteiger partial charge in [-0.1, -0.05) is 24.3 Å². The van der Waals surface area contributed by atoms with E-state index in [1.165, 1.54) is 36.4 Å². The van der Waals surface area contributed by atoms with E-state index in [0.717, 1.165) is 12.1 Å². The van der Waals surface area contributed by atoms with Crippen LogP contribution in [0, 0.1) is 0 Å². The molecule has 40 heavy (non-hydrogen) atoms. The van der Waals surface area contributed by atoms with Crippen LogP contribution in [0.15, 0.2) is 67.0 Å². The minimum atomic E-state index is -4.84. The first-order valence-electron chi connectivity index (χ1n) is 11.8. The van der Waals surface area contributed by atoms with Crippen LogP contribution in [-0.4, -0.2) is 44.9 Å². The number of alkyl halides is 6. The molecular formula is C26H22F6N4O4. The van der Waals surface area contributed by atoms with Crippen LogP contribution in [0.25, 0.3) is 11.0 Å². The van der Waals surface area contributed by atoms with Crippen LogP contribution in [-0.2, 0) is 17.8 Å². The molecule has 0 spiro atoms. The fraction of sp³-hybridized carbons (Fsp3) is 0.269. The number of carbonyl (C=O) groups excluding carboxylic acids is 1. The Morgan fingerprint density at radius 2 is 1.52 bits per heavy atom. The molecular weight excluding hydrogens is 546 g/mol. The van der Waals surface area contributed by atoms with Gasteiger partial charge in [0.2, 0.25) is 5.91 Å². The lowest BCUT2D eigenvalue weighted by atomic mass is 10.1. The minimum Gasteiger partial charge on any atom is -0.406 e. The topological polar surface area (TPSA) is 98.5 Å². The Morgan fingerprint density at radius 3 is 2.10 bits per heavy atom. The van der Waals surface area contributed by atoms with Crippen LogP contribution in [0.3, 0.4) is 0 Å². The first-order valence-corrected chi connectivity index (χ1v) is 11.8. The van der Waals surface area contributed by atoms with E-state index in [-0.39, 0.29) is 25.1 Å². The molecule has 0 aliphatic rings. The third kappa shape index (κ3) is 7.85. The van der Waals surface area contributed by atoms with E-state index in [9.17, 15) is 36.2 Å². The summed E-state index contributed by atoms with van der Waals surface area (Å²) in [7, 11) is 0. The number of hydrogen-bond donors (Lipinski definition) is 2. The van der Waals surface area contributed by atoms with Gasteiger partial charge < -0.3 is 24.5 Å². The van der Waals surface area contributed by atoms with Crippen molar-refractivity contribution in [2.24, 2.45) is 0 Å². The number of rotatable bonds is 10. The molecule has 0 saturated heterocycles. The molecule has 212 valence electrons. The fourth-order valence-electron chi connectivity index (χ4n) is 3.99. The second-order valence-electron chi connectivity index (χ2n) is 8.59. The number of aromatic nitrogens is 3. The largest absolute Gasteiger partial charge is 0.573 e. The van der Waals surface area contributed by atoms with E-state index in [4.69, 9.17) is 0 Å². The molecule has 2 N–H and O–H groups in total. The number of aryl methyl sites for hydroxylation is 1. The summed E-state index contributed by atoms with van der Waals surface area (Å²) >= 11 is 0. The Labute approximate surface area is 223 Å². The summed E-state index contributed by atoms with van der Waals surface area (Å²) in [5.41, 5.74) is 2.29. The number of nitrogens with zero attached hydrogens (tertiary/aromatic N) is 3.